The lowest BCUT2D eigenvalue weighted by Gasteiger charge is -2.12. The molecule has 8 nitrogen and oxygen atoms in total. The maximum Gasteiger partial charge on any atom is 0.323 e. The molecule has 4 aromatic rings. The molecule has 0 unspecified atom stereocenters. The fourth-order valence-corrected chi connectivity index (χ4v) is 3.42. The van der Waals surface area contributed by atoms with Crippen LogP contribution >= 0.6 is 11.6 Å². The normalized spacial score (nSPS) is 10.6. The van der Waals surface area contributed by atoms with Crippen molar-refractivity contribution in [2.45, 2.75) is 26.7 Å². The number of benzene rings is 2. The molecule has 0 fully saturated rings. The molecule has 2 heterocycles. The molecular formula is C25H23ClN6O2. The fraction of sp³-hybridized carbons (Fsp3) is 0.160. The summed E-state index contributed by atoms with van der Waals surface area (Å²) in [6.45, 7) is 4.03. The first-order chi connectivity index (χ1) is 16.6. The average molecular weight is 475 g/mol. The second-order valence-electron chi connectivity index (χ2n) is 7.32. The molecule has 2 aromatic carbocycles. The Morgan fingerprint density at radius 3 is 2.53 bits per heavy atom. The summed E-state index contributed by atoms with van der Waals surface area (Å²) in [7, 11) is 0. The molecule has 9 heteroatoms. The Balaban J connectivity index is 1.48. The third-order valence-electron chi connectivity index (χ3n) is 4.94. The van der Waals surface area contributed by atoms with Crippen LogP contribution in [0.3, 0.4) is 0 Å². The zero-order valence-corrected chi connectivity index (χ0v) is 19.5. The number of hydrogen-bond acceptors (Lipinski definition) is 6. The molecule has 2 amide bonds. The highest BCUT2D eigenvalue weighted by Gasteiger charge is 2.14. The third kappa shape index (κ3) is 5.65. The van der Waals surface area contributed by atoms with Gasteiger partial charge in [-0.25, -0.2) is 24.7 Å². The van der Waals surface area contributed by atoms with Gasteiger partial charge in [0.2, 0.25) is 5.88 Å². The predicted molar refractivity (Wildman–Crippen MR) is 132 cm³/mol. The zero-order valence-electron chi connectivity index (χ0n) is 18.7. The number of nitrogens with one attached hydrogen (secondary N) is 2. The minimum atomic E-state index is -0.369. The summed E-state index contributed by atoms with van der Waals surface area (Å²) >= 11 is 6.44. The molecule has 0 aliphatic carbocycles. The first-order valence-corrected chi connectivity index (χ1v) is 11.2. The Hall–Kier alpha value is -4.04. The van der Waals surface area contributed by atoms with E-state index in [4.69, 9.17) is 16.3 Å². The summed E-state index contributed by atoms with van der Waals surface area (Å²) in [5.74, 6) is 1.83. The van der Waals surface area contributed by atoms with Crippen molar-refractivity contribution in [3.05, 3.63) is 83.5 Å². The summed E-state index contributed by atoms with van der Waals surface area (Å²) < 4.78 is 5.98. The maximum absolute atomic E-state index is 12.4. The number of aryl methyl sites for hydroxylation is 2. The van der Waals surface area contributed by atoms with Gasteiger partial charge >= 0.3 is 6.03 Å². The van der Waals surface area contributed by atoms with Gasteiger partial charge in [0.25, 0.3) is 0 Å². The quantitative estimate of drug-likeness (QED) is 0.333. The van der Waals surface area contributed by atoms with E-state index in [0.717, 1.165) is 17.7 Å². The van der Waals surface area contributed by atoms with Gasteiger partial charge in [-0.15, -0.1) is 0 Å². The van der Waals surface area contributed by atoms with Crippen molar-refractivity contribution in [1.29, 1.82) is 0 Å². The highest BCUT2D eigenvalue weighted by molar-refractivity contribution is 6.32. The number of rotatable bonds is 7. The number of nitrogens with zero attached hydrogens (tertiary/aromatic N) is 4. The van der Waals surface area contributed by atoms with Crippen LogP contribution in [0.5, 0.6) is 11.6 Å². The molecule has 0 radical (unpaired) electrons. The maximum atomic E-state index is 12.4. The van der Waals surface area contributed by atoms with E-state index in [1.54, 1.807) is 30.5 Å². The molecule has 0 atom stereocenters. The summed E-state index contributed by atoms with van der Waals surface area (Å²) in [4.78, 5) is 29.5. The lowest BCUT2D eigenvalue weighted by molar-refractivity contribution is 0.262. The molecular weight excluding hydrogens is 452 g/mol. The van der Waals surface area contributed by atoms with Gasteiger partial charge in [-0.2, -0.15) is 0 Å². The number of carbonyl (C=O) groups is 1. The Morgan fingerprint density at radius 1 is 0.941 bits per heavy atom. The van der Waals surface area contributed by atoms with Gasteiger partial charge in [-0.1, -0.05) is 37.6 Å². The van der Waals surface area contributed by atoms with Crippen molar-refractivity contribution in [3.8, 4) is 23.0 Å². The first kappa shape index (κ1) is 23.1. The van der Waals surface area contributed by atoms with Crippen LogP contribution in [0.25, 0.3) is 11.4 Å². The first-order valence-electron chi connectivity index (χ1n) is 10.8. The molecule has 2 N–H and O–H groups in total. The van der Waals surface area contributed by atoms with Crippen LogP contribution in [-0.2, 0) is 12.8 Å². The van der Waals surface area contributed by atoms with Crippen LogP contribution in [0.2, 0.25) is 5.02 Å². The van der Waals surface area contributed by atoms with E-state index < -0.39 is 0 Å². The van der Waals surface area contributed by atoms with Crippen molar-refractivity contribution < 1.29 is 9.53 Å². The van der Waals surface area contributed by atoms with Crippen LogP contribution in [0.4, 0.5) is 16.2 Å². The minimum Gasteiger partial charge on any atom is -0.437 e. The highest BCUT2D eigenvalue weighted by Crippen LogP contribution is 2.34. The number of hydrogen-bond donors (Lipinski definition) is 2. The number of aromatic nitrogens is 4. The molecule has 0 aliphatic rings. The van der Waals surface area contributed by atoms with E-state index in [-0.39, 0.29) is 6.03 Å². The highest BCUT2D eigenvalue weighted by atomic mass is 35.5. The second kappa shape index (κ2) is 10.7. The molecule has 0 saturated carbocycles. The van der Waals surface area contributed by atoms with E-state index in [2.05, 4.69) is 37.5 Å². The van der Waals surface area contributed by atoms with Gasteiger partial charge in [-0.05, 0) is 54.4 Å². The smallest absolute Gasteiger partial charge is 0.323 e. The molecule has 0 saturated heterocycles. The Bertz CT molecular complexity index is 1310. The van der Waals surface area contributed by atoms with Crippen LogP contribution < -0.4 is 15.4 Å². The van der Waals surface area contributed by atoms with Crippen molar-refractivity contribution in [2.75, 3.05) is 10.6 Å². The predicted octanol–water partition coefficient (Wildman–Crippen LogP) is 6.15. The number of urea groups is 1. The summed E-state index contributed by atoms with van der Waals surface area (Å²) in [5, 5.41) is 5.91. The average Bonchev–Trinajstić information content (AvgIpc) is 2.86. The minimum absolute atomic E-state index is 0.312. The number of anilines is 2. The SMILES string of the molecule is CCc1cccc(NC(=O)Nc2ccc(Oc3ncccc3-c3ncnc(CC)n3)c(Cl)c2)c1. The Morgan fingerprint density at radius 2 is 1.76 bits per heavy atom. The molecule has 34 heavy (non-hydrogen) atoms. The van der Waals surface area contributed by atoms with Crippen molar-refractivity contribution in [2.24, 2.45) is 0 Å². The van der Waals surface area contributed by atoms with Crippen LogP contribution in [0.15, 0.2) is 67.1 Å². The van der Waals surface area contributed by atoms with Gasteiger partial charge < -0.3 is 15.4 Å². The standard InChI is InChI=1S/C25H23ClN6O2/c1-3-16-7-5-8-17(13-16)30-25(33)31-18-10-11-21(20(26)14-18)34-24-19(9-6-12-27-24)23-29-15-28-22(4-2)32-23/h5-15H,3-4H2,1-2H3,(H2,30,31,33). The van der Waals surface area contributed by atoms with E-state index in [0.29, 0.717) is 46.0 Å². The van der Waals surface area contributed by atoms with Crippen molar-refractivity contribution >= 4 is 29.0 Å². The molecule has 0 spiro atoms. The van der Waals surface area contributed by atoms with E-state index in [1.807, 2.05) is 37.3 Å². The molecule has 4 rings (SSSR count). The Labute approximate surface area is 202 Å². The summed E-state index contributed by atoms with van der Waals surface area (Å²) in [6, 6.07) is 15.9. The number of halogens is 1. The fourth-order valence-electron chi connectivity index (χ4n) is 3.20. The summed E-state index contributed by atoms with van der Waals surface area (Å²) in [6.07, 6.45) is 4.65. The van der Waals surface area contributed by atoms with Gasteiger partial charge in [0.1, 0.15) is 17.9 Å². The van der Waals surface area contributed by atoms with Gasteiger partial charge in [0, 0.05) is 24.0 Å². The lowest BCUT2D eigenvalue weighted by Crippen LogP contribution is -2.19. The van der Waals surface area contributed by atoms with Gasteiger partial charge in [0.05, 0.1) is 10.6 Å². The third-order valence-corrected chi connectivity index (χ3v) is 5.23. The zero-order chi connectivity index (χ0) is 23.9. The number of pyridine rings is 1. The summed E-state index contributed by atoms with van der Waals surface area (Å²) in [5.41, 5.74) is 2.99. The van der Waals surface area contributed by atoms with Crippen molar-refractivity contribution in [1.82, 2.24) is 19.9 Å². The largest absolute Gasteiger partial charge is 0.437 e. The van der Waals surface area contributed by atoms with Crippen LogP contribution in [0, 0.1) is 0 Å². The van der Waals surface area contributed by atoms with Gasteiger partial charge in [-0.3, -0.25) is 0 Å². The molecule has 0 bridgehead atoms. The van der Waals surface area contributed by atoms with Gasteiger partial charge in [0.15, 0.2) is 5.82 Å². The van der Waals surface area contributed by atoms with Crippen LogP contribution in [0.1, 0.15) is 25.2 Å². The topological polar surface area (TPSA) is 102 Å². The molecule has 2 aromatic heterocycles. The number of amides is 2. The van der Waals surface area contributed by atoms with E-state index in [1.165, 1.54) is 6.33 Å². The van der Waals surface area contributed by atoms with Crippen molar-refractivity contribution in [3.63, 3.8) is 0 Å². The lowest BCUT2D eigenvalue weighted by atomic mass is 10.1. The van der Waals surface area contributed by atoms with E-state index in [9.17, 15) is 4.79 Å². The Kier molecular flexibility index (Phi) is 7.29. The monoisotopic (exact) mass is 474 g/mol. The number of carbonyl (C=O) groups excluding carboxylic acids is 1. The molecule has 172 valence electrons. The second-order valence-corrected chi connectivity index (χ2v) is 7.72. The van der Waals surface area contributed by atoms with Crippen LogP contribution in [-0.4, -0.2) is 26.0 Å². The molecule has 0 aliphatic heterocycles. The number of ether oxygens (including phenoxy) is 1. The van der Waals surface area contributed by atoms with E-state index >= 15 is 0 Å².